The van der Waals surface area contributed by atoms with E-state index in [0.717, 1.165) is 19.3 Å². The molecule has 0 unspecified atom stereocenters. The smallest absolute Gasteiger partial charge is 0.200 e. The minimum Gasteiger partial charge on any atom is -0.293 e. The number of nitrogens with zero attached hydrogens (tertiary/aromatic N) is 2. The molecule has 0 atom stereocenters. The highest BCUT2D eigenvalue weighted by atomic mass is 32.3. The first kappa shape index (κ1) is 15.7. The molecule has 0 aromatic carbocycles. The first-order valence-electron chi connectivity index (χ1n) is 6.71. The molecule has 0 saturated heterocycles. The van der Waals surface area contributed by atoms with Gasteiger partial charge in [0.15, 0.2) is 19.9 Å². The zero-order valence-corrected chi connectivity index (χ0v) is 13.0. The fourth-order valence-electron chi connectivity index (χ4n) is 2.33. The van der Waals surface area contributed by atoms with Crippen LogP contribution in [0.3, 0.4) is 0 Å². The zero-order valence-electron chi connectivity index (χ0n) is 11.4. The number of sulfone groups is 1. The molecule has 0 bridgehead atoms. The lowest BCUT2D eigenvalue weighted by atomic mass is 10.0. The highest BCUT2D eigenvalue weighted by molar-refractivity contribution is 8.24. The van der Waals surface area contributed by atoms with Crippen LogP contribution < -0.4 is 0 Å². The molecular formula is C12H20N2O4S2. The molecule has 20 heavy (non-hydrogen) atoms. The Morgan fingerprint density at radius 3 is 2.15 bits per heavy atom. The zero-order chi connectivity index (χ0) is 14.8. The van der Waals surface area contributed by atoms with Crippen LogP contribution in [0.1, 0.15) is 39.0 Å². The molecule has 1 aromatic heterocycles. The molecule has 114 valence electrons. The highest BCUT2D eigenvalue weighted by Crippen LogP contribution is 2.45. The average molecular weight is 320 g/mol. The molecule has 0 radical (unpaired) electrons. The fourth-order valence-corrected chi connectivity index (χ4v) is 4.79. The second kappa shape index (κ2) is 5.97. The fraction of sp³-hybridized carbons (Fsp3) is 0.667. The van der Waals surface area contributed by atoms with Crippen LogP contribution >= 0.6 is 10.6 Å². The number of rotatable bonds is 4. The van der Waals surface area contributed by atoms with E-state index in [1.807, 2.05) is 0 Å². The Hall–Kier alpha value is -0.700. The highest BCUT2D eigenvalue weighted by Gasteiger charge is 2.30. The van der Waals surface area contributed by atoms with Gasteiger partial charge < -0.3 is 0 Å². The summed E-state index contributed by atoms with van der Waals surface area (Å²) in [7, 11) is -6.41. The summed E-state index contributed by atoms with van der Waals surface area (Å²) in [5.74, 6) is 0.135. The summed E-state index contributed by atoms with van der Waals surface area (Å²) < 4.78 is 44.2. The van der Waals surface area contributed by atoms with E-state index in [1.54, 1.807) is 6.92 Å². The standard InChI is InChI=1S/C12H20N2O4S2/c1-2-19(15,16)11-8-9-12(14-13-11)20(17,18)10-6-4-3-5-7-10/h8-10,15-16H,2-7H2,1H3. The van der Waals surface area contributed by atoms with Gasteiger partial charge in [-0.2, -0.15) is 10.6 Å². The molecule has 1 aliphatic rings. The van der Waals surface area contributed by atoms with E-state index in [0.29, 0.717) is 12.8 Å². The lowest BCUT2D eigenvalue weighted by Gasteiger charge is -2.28. The van der Waals surface area contributed by atoms with Crippen molar-refractivity contribution in [2.45, 2.75) is 54.3 Å². The van der Waals surface area contributed by atoms with Crippen molar-refractivity contribution in [3.05, 3.63) is 12.1 Å². The summed E-state index contributed by atoms with van der Waals surface area (Å²) in [6, 6.07) is 2.68. The molecule has 6 nitrogen and oxygen atoms in total. The lowest BCUT2D eigenvalue weighted by Crippen LogP contribution is -2.25. The molecule has 0 aliphatic heterocycles. The van der Waals surface area contributed by atoms with Crippen LogP contribution in [0.2, 0.25) is 0 Å². The molecule has 0 spiro atoms. The van der Waals surface area contributed by atoms with Crippen LogP contribution in [0.25, 0.3) is 0 Å². The maximum absolute atomic E-state index is 12.4. The Morgan fingerprint density at radius 1 is 1.10 bits per heavy atom. The topological polar surface area (TPSA) is 100 Å². The van der Waals surface area contributed by atoms with Gasteiger partial charge in [0.2, 0.25) is 0 Å². The number of aromatic nitrogens is 2. The number of hydrogen-bond donors (Lipinski definition) is 2. The Morgan fingerprint density at radius 2 is 1.65 bits per heavy atom. The van der Waals surface area contributed by atoms with Gasteiger partial charge in [0.1, 0.15) is 0 Å². The molecule has 0 amide bonds. The summed E-state index contributed by atoms with van der Waals surface area (Å²) in [4.78, 5) is 0. The summed E-state index contributed by atoms with van der Waals surface area (Å²) >= 11 is 0. The summed E-state index contributed by atoms with van der Waals surface area (Å²) in [5, 5.41) is 6.98. The van der Waals surface area contributed by atoms with Gasteiger partial charge in [0.25, 0.3) is 0 Å². The maximum Gasteiger partial charge on any atom is 0.200 e. The molecular weight excluding hydrogens is 300 g/mol. The first-order valence-corrected chi connectivity index (χ1v) is 9.97. The van der Waals surface area contributed by atoms with Crippen molar-refractivity contribution in [2.24, 2.45) is 0 Å². The third-order valence-electron chi connectivity index (χ3n) is 3.64. The molecule has 1 saturated carbocycles. The molecule has 1 heterocycles. The van der Waals surface area contributed by atoms with Crippen molar-refractivity contribution in [2.75, 3.05) is 5.75 Å². The Bertz CT molecular complexity index is 551. The summed E-state index contributed by atoms with van der Waals surface area (Å²) in [6.07, 6.45) is 4.25. The van der Waals surface area contributed by atoms with Gasteiger partial charge in [-0.15, -0.1) is 10.2 Å². The minimum absolute atomic E-state index is 0.0441. The first-order chi connectivity index (χ1) is 9.38. The summed E-state index contributed by atoms with van der Waals surface area (Å²) in [5.41, 5.74) is 0. The Balaban J connectivity index is 2.25. The second-order valence-corrected chi connectivity index (χ2v) is 9.47. The van der Waals surface area contributed by atoms with E-state index in [2.05, 4.69) is 10.2 Å². The Kier molecular flexibility index (Phi) is 4.68. The lowest BCUT2D eigenvalue weighted by molar-refractivity contribution is 0.476. The van der Waals surface area contributed by atoms with Crippen LogP contribution in [0.15, 0.2) is 22.2 Å². The van der Waals surface area contributed by atoms with Crippen LogP contribution in [0, 0.1) is 0 Å². The third kappa shape index (κ3) is 3.13. The number of hydrogen-bond acceptors (Lipinski definition) is 6. The van der Waals surface area contributed by atoms with E-state index < -0.39 is 20.4 Å². The van der Waals surface area contributed by atoms with Crippen LogP contribution in [-0.4, -0.2) is 38.7 Å². The van der Waals surface area contributed by atoms with E-state index >= 15 is 0 Å². The van der Waals surface area contributed by atoms with Gasteiger partial charge >= 0.3 is 0 Å². The molecule has 2 N–H and O–H groups in total. The normalized spacial score (nSPS) is 18.9. The predicted octanol–water partition coefficient (Wildman–Crippen LogP) is 2.71. The quantitative estimate of drug-likeness (QED) is 0.884. The average Bonchev–Trinajstić information content (AvgIpc) is 2.48. The van der Waals surface area contributed by atoms with Gasteiger partial charge in [0, 0.05) is 5.75 Å². The largest absolute Gasteiger partial charge is 0.293 e. The minimum atomic E-state index is -3.46. The molecule has 1 fully saturated rings. The van der Waals surface area contributed by atoms with Crippen molar-refractivity contribution in [3.8, 4) is 0 Å². The molecule has 1 aliphatic carbocycles. The Labute approximate surface area is 120 Å². The van der Waals surface area contributed by atoms with Crippen molar-refractivity contribution >= 4 is 20.4 Å². The van der Waals surface area contributed by atoms with E-state index in [4.69, 9.17) is 0 Å². The molecule has 2 rings (SSSR count). The monoisotopic (exact) mass is 320 g/mol. The van der Waals surface area contributed by atoms with E-state index in [9.17, 15) is 17.5 Å². The van der Waals surface area contributed by atoms with Crippen LogP contribution in [0.5, 0.6) is 0 Å². The van der Waals surface area contributed by atoms with Gasteiger partial charge in [-0.25, -0.2) is 8.42 Å². The van der Waals surface area contributed by atoms with Crippen molar-refractivity contribution in [3.63, 3.8) is 0 Å². The van der Waals surface area contributed by atoms with Crippen LogP contribution in [-0.2, 0) is 9.84 Å². The third-order valence-corrected chi connectivity index (χ3v) is 7.48. The van der Waals surface area contributed by atoms with Crippen molar-refractivity contribution in [1.82, 2.24) is 10.2 Å². The van der Waals surface area contributed by atoms with Gasteiger partial charge in [-0.3, -0.25) is 9.11 Å². The maximum atomic E-state index is 12.4. The van der Waals surface area contributed by atoms with Crippen molar-refractivity contribution in [1.29, 1.82) is 0 Å². The van der Waals surface area contributed by atoms with Gasteiger partial charge in [-0.1, -0.05) is 19.3 Å². The van der Waals surface area contributed by atoms with Crippen molar-refractivity contribution < 1.29 is 17.5 Å². The second-order valence-electron chi connectivity index (χ2n) is 4.97. The van der Waals surface area contributed by atoms with E-state index in [1.165, 1.54) is 12.1 Å². The SMILES string of the molecule is CCS(O)(O)c1ccc(S(=O)(=O)C2CCCCC2)nn1. The molecule has 8 heteroatoms. The summed E-state index contributed by atoms with van der Waals surface area (Å²) in [6.45, 7) is 1.63. The van der Waals surface area contributed by atoms with Crippen LogP contribution in [0.4, 0.5) is 0 Å². The van der Waals surface area contributed by atoms with Gasteiger partial charge in [-0.05, 0) is 31.9 Å². The predicted molar refractivity (Wildman–Crippen MR) is 77.7 cm³/mol. The van der Waals surface area contributed by atoms with Gasteiger partial charge in [0.05, 0.1) is 5.25 Å². The molecule has 1 aromatic rings. The van der Waals surface area contributed by atoms with E-state index in [-0.39, 0.29) is 21.1 Å².